The topological polar surface area (TPSA) is 66.4 Å². The number of carbonyl (C=O) groups is 1. The monoisotopic (exact) mass is 391 g/mol. The first-order valence-corrected chi connectivity index (χ1v) is 9.53. The molecule has 6 heteroatoms. The molecule has 0 saturated carbocycles. The van der Waals surface area contributed by atoms with Crippen LogP contribution in [0.15, 0.2) is 35.3 Å². The number of methoxy groups -OCH3 is 2. The number of benzene rings is 2. The second-order valence-corrected chi connectivity index (χ2v) is 7.43. The van der Waals surface area contributed by atoms with E-state index in [-0.39, 0.29) is 12.6 Å². The minimum atomic E-state index is -0.938. The van der Waals surface area contributed by atoms with Crippen LogP contribution in [0.3, 0.4) is 0 Å². The SMILES string of the molecule is COc1ccc2c(c1OC)C=CC(=O)C2(C)C1=NCCc2cc3c(cc21)OCO3. The molecule has 6 nitrogen and oxygen atoms in total. The highest BCUT2D eigenvalue weighted by Crippen LogP contribution is 2.46. The molecule has 0 fully saturated rings. The number of hydrogen-bond donors (Lipinski definition) is 0. The average Bonchev–Trinajstić information content (AvgIpc) is 3.20. The van der Waals surface area contributed by atoms with E-state index in [0.29, 0.717) is 23.8 Å². The highest BCUT2D eigenvalue weighted by molar-refractivity contribution is 6.27. The lowest BCUT2D eigenvalue weighted by molar-refractivity contribution is -0.117. The van der Waals surface area contributed by atoms with Crippen molar-refractivity contribution in [3.8, 4) is 23.0 Å². The maximum Gasteiger partial charge on any atom is 0.231 e. The van der Waals surface area contributed by atoms with Crippen molar-refractivity contribution in [2.75, 3.05) is 27.6 Å². The average molecular weight is 391 g/mol. The second kappa shape index (κ2) is 6.37. The molecule has 29 heavy (non-hydrogen) atoms. The van der Waals surface area contributed by atoms with Crippen molar-refractivity contribution in [2.45, 2.75) is 18.8 Å². The zero-order chi connectivity index (χ0) is 20.2. The van der Waals surface area contributed by atoms with Crippen molar-refractivity contribution in [3.05, 3.63) is 52.6 Å². The number of hydrogen-bond acceptors (Lipinski definition) is 6. The third-order valence-corrected chi connectivity index (χ3v) is 6.00. The number of nitrogens with zero attached hydrogens (tertiary/aromatic N) is 1. The van der Waals surface area contributed by atoms with E-state index in [0.717, 1.165) is 40.1 Å². The van der Waals surface area contributed by atoms with Gasteiger partial charge in [0.15, 0.2) is 28.8 Å². The van der Waals surface area contributed by atoms with Crippen molar-refractivity contribution < 1.29 is 23.7 Å². The third-order valence-electron chi connectivity index (χ3n) is 6.00. The molecule has 0 N–H and O–H groups in total. The van der Waals surface area contributed by atoms with Gasteiger partial charge in [0, 0.05) is 17.7 Å². The molecule has 1 unspecified atom stereocenters. The minimum absolute atomic E-state index is 0.0125. The largest absolute Gasteiger partial charge is 0.493 e. The molecule has 0 amide bonds. The smallest absolute Gasteiger partial charge is 0.231 e. The second-order valence-electron chi connectivity index (χ2n) is 7.43. The van der Waals surface area contributed by atoms with Crippen molar-refractivity contribution in [3.63, 3.8) is 0 Å². The van der Waals surface area contributed by atoms with Gasteiger partial charge in [-0.05, 0) is 54.8 Å². The Bertz CT molecular complexity index is 1100. The van der Waals surface area contributed by atoms with Crippen molar-refractivity contribution in [1.29, 1.82) is 0 Å². The van der Waals surface area contributed by atoms with Crippen LogP contribution in [0.25, 0.3) is 6.08 Å². The Morgan fingerprint density at radius 3 is 2.62 bits per heavy atom. The van der Waals surface area contributed by atoms with Crippen LogP contribution >= 0.6 is 0 Å². The Balaban J connectivity index is 1.73. The number of ketones is 1. The Morgan fingerprint density at radius 2 is 1.86 bits per heavy atom. The molecule has 0 aromatic heterocycles. The molecule has 0 spiro atoms. The predicted octanol–water partition coefficient (Wildman–Crippen LogP) is 3.33. The molecule has 1 aliphatic carbocycles. The zero-order valence-electron chi connectivity index (χ0n) is 16.6. The number of rotatable bonds is 3. The van der Waals surface area contributed by atoms with E-state index in [4.69, 9.17) is 23.9 Å². The van der Waals surface area contributed by atoms with Gasteiger partial charge < -0.3 is 18.9 Å². The first-order valence-electron chi connectivity index (χ1n) is 9.53. The standard InChI is InChI=1S/C23H21NO5/c1-23(16-5-6-17(26-2)21(27-3)14(16)4-7-20(23)25)22-15-11-19-18(28-12-29-19)10-13(15)8-9-24-22/h4-7,10-11H,8-9,12H2,1-3H3. The van der Waals surface area contributed by atoms with Gasteiger partial charge in [0.05, 0.1) is 25.3 Å². The van der Waals surface area contributed by atoms with Gasteiger partial charge in [-0.3, -0.25) is 9.79 Å². The summed E-state index contributed by atoms with van der Waals surface area (Å²) in [6.45, 7) is 2.77. The highest BCUT2D eigenvalue weighted by atomic mass is 16.7. The Morgan fingerprint density at radius 1 is 1.07 bits per heavy atom. The molecule has 2 heterocycles. The van der Waals surface area contributed by atoms with E-state index < -0.39 is 5.41 Å². The Labute approximate surface area is 168 Å². The number of ether oxygens (including phenoxy) is 4. The molecular weight excluding hydrogens is 370 g/mol. The van der Waals surface area contributed by atoms with E-state index in [1.165, 1.54) is 0 Å². The lowest BCUT2D eigenvalue weighted by Crippen LogP contribution is -2.44. The minimum Gasteiger partial charge on any atom is -0.493 e. The Hall–Kier alpha value is -3.28. The lowest BCUT2D eigenvalue weighted by Gasteiger charge is -2.36. The summed E-state index contributed by atoms with van der Waals surface area (Å²) in [7, 11) is 3.21. The normalized spacial score (nSPS) is 21.3. The van der Waals surface area contributed by atoms with Gasteiger partial charge in [0.25, 0.3) is 0 Å². The molecule has 0 radical (unpaired) electrons. The van der Waals surface area contributed by atoms with Gasteiger partial charge in [-0.15, -0.1) is 0 Å². The fourth-order valence-corrected chi connectivity index (χ4v) is 4.47. The molecule has 0 bridgehead atoms. The van der Waals surface area contributed by atoms with Crippen LogP contribution in [-0.4, -0.2) is 39.1 Å². The van der Waals surface area contributed by atoms with Crippen molar-refractivity contribution in [2.24, 2.45) is 4.99 Å². The number of carbonyl (C=O) groups excluding carboxylic acids is 1. The van der Waals surface area contributed by atoms with Gasteiger partial charge in [0.2, 0.25) is 6.79 Å². The highest BCUT2D eigenvalue weighted by Gasteiger charge is 2.45. The summed E-state index contributed by atoms with van der Waals surface area (Å²) in [6, 6.07) is 7.73. The summed E-state index contributed by atoms with van der Waals surface area (Å²) < 4.78 is 22.2. The third kappa shape index (κ3) is 2.41. The van der Waals surface area contributed by atoms with E-state index in [2.05, 4.69) is 0 Å². The van der Waals surface area contributed by atoms with Gasteiger partial charge in [-0.25, -0.2) is 0 Å². The fourth-order valence-electron chi connectivity index (χ4n) is 4.47. The van der Waals surface area contributed by atoms with Crippen molar-refractivity contribution >= 4 is 17.6 Å². The number of aliphatic imine (C=N–C) groups is 1. The first kappa shape index (κ1) is 17.8. The number of fused-ring (bicyclic) bond motifs is 3. The summed E-state index contributed by atoms with van der Waals surface area (Å²) in [5.74, 6) is 2.66. The summed E-state index contributed by atoms with van der Waals surface area (Å²) in [6.07, 6.45) is 4.20. The fraction of sp³-hybridized carbons (Fsp3) is 0.304. The molecule has 2 aromatic carbocycles. The lowest BCUT2D eigenvalue weighted by atomic mass is 9.67. The van der Waals surface area contributed by atoms with E-state index in [1.807, 2.05) is 31.2 Å². The quantitative estimate of drug-likeness (QED) is 0.803. The van der Waals surface area contributed by atoms with E-state index >= 15 is 0 Å². The van der Waals surface area contributed by atoms with Crippen molar-refractivity contribution in [1.82, 2.24) is 0 Å². The summed E-state index contributed by atoms with van der Waals surface area (Å²) in [4.78, 5) is 18.1. The molecule has 148 valence electrons. The zero-order valence-corrected chi connectivity index (χ0v) is 16.6. The van der Waals surface area contributed by atoms with Crippen LogP contribution in [0.1, 0.15) is 29.2 Å². The van der Waals surface area contributed by atoms with E-state index in [1.54, 1.807) is 26.4 Å². The summed E-state index contributed by atoms with van der Waals surface area (Å²) in [5.41, 5.74) is 3.56. The summed E-state index contributed by atoms with van der Waals surface area (Å²) in [5, 5.41) is 0. The van der Waals surface area contributed by atoms with Crippen LogP contribution in [0, 0.1) is 0 Å². The predicted molar refractivity (Wildman–Crippen MR) is 109 cm³/mol. The molecule has 2 aromatic rings. The van der Waals surface area contributed by atoms with Gasteiger partial charge in [-0.1, -0.05) is 6.07 Å². The maximum atomic E-state index is 13.3. The van der Waals surface area contributed by atoms with Crippen LogP contribution in [0.2, 0.25) is 0 Å². The molecule has 1 atom stereocenters. The molecule has 5 rings (SSSR count). The van der Waals surface area contributed by atoms with Crippen LogP contribution in [-0.2, 0) is 16.6 Å². The molecule has 0 saturated heterocycles. The van der Waals surface area contributed by atoms with Gasteiger partial charge in [0.1, 0.15) is 0 Å². The van der Waals surface area contributed by atoms with Crippen LogP contribution < -0.4 is 18.9 Å². The Kier molecular flexibility index (Phi) is 3.91. The molecular formula is C23H21NO5. The van der Waals surface area contributed by atoms with Gasteiger partial charge in [-0.2, -0.15) is 0 Å². The first-order chi connectivity index (χ1) is 14.1. The van der Waals surface area contributed by atoms with Crippen LogP contribution in [0.4, 0.5) is 0 Å². The van der Waals surface area contributed by atoms with Gasteiger partial charge >= 0.3 is 0 Å². The maximum absolute atomic E-state index is 13.3. The summed E-state index contributed by atoms with van der Waals surface area (Å²) >= 11 is 0. The molecule has 2 aliphatic heterocycles. The van der Waals surface area contributed by atoms with E-state index in [9.17, 15) is 4.79 Å². The molecule has 3 aliphatic rings. The van der Waals surface area contributed by atoms with Crippen LogP contribution in [0.5, 0.6) is 23.0 Å². The number of allylic oxidation sites excluding steroid dienone is 1.